The number of hydrogen-bond donors (Lipinski definition) is 2. The van der Waals surface area contributed by atoms with Crippen LogP contribution in [0.3, 0.4) is 0 Å². The van der Waals surface area contributed by atoms with Gasteiger partial charge in [-0.15, -0.1) is 5.10 Å². The minimum absolute atomic E-state index is 0.135. The third kappa shape index (κ3) is 1.36. The third-order valence-corrected chi connectivity index (χ3v) is 2.09. The van der Waals surface area contributed by atoms with Crippen molar-refractivity contribution in [3.8, 4) is 0 Å². The van der Waals surface area contributed by atoms with Crippen molar-refractivity contribution in [3.05, 3.63) is 29.7 Å². The molecule has 5 heteroatoms. The normalized spacial score (nSPS) is 13.4. The molecule has 2 heterocycles. The van der Waals surface area contributed by atoms with E-state index in [0.717, 1.165) is 11.3 Å². The number of nitrogens with two attached hydrogens (primary N) is 1. The van der Waals surface area contributed by atoms with Crippen molar-refractivity contribution < 1.29 is 5.11 Å². The Morgan fingerprint density at radius 1 is 1.57 bits per heavy atom. The number of hydrogen-bond acceptors (Lipinski definition) is 4. The van der Waals surface area contributed by atoms with E-state index in [1.165, 1.54) is 0 Å². The summed E-state index contributed by atoms with van der Waals surface area (Å²) in [5.41, 5.74) is 7.03. The van der Waals surface area contributed by atoms with Crippen LogP contribution in [0.2, 0.25) is 0 Å². The van der Waals surface area contributed by atoms with Crippen LogP contribution in [-0.2, 0) is 0 Å². The average Bonchev–Trinajstić information content (AvgIpc) is 2.62. The second kappa shape index (κ2) is 3.36. The molecule has 0 aliphatic heterocycles. The van der Waals surface area contributed by atoms with E-state index in [0.29, 0.717) is 5.82 Å². The molecular weight excluding hydrogens is 180 g/mol. The van der Waals surface area contributed by atoms with Gasteiger partial charge in [-0.3, -0.25) is 0 Å². The summed E-state index contributed by atoms with van der Waals surface area (Å²) < 4.78 is 1.69. The monoisotopic (exact) mass is 192 g/mol. The van der Waals surface area contributed by atoms with Crippen LogP contribution in [0.25, 0.3) is 5.65 Å². The van der Waals surface area contributed by atoms with Crippen LogP contribution >= 0.6 is 0 Å². The lowest BCUT2D eigenvalue weighted by Crippen LogP contribution is -2.13. The summed E-state index contributed by atoms with van der Waals surface area (Å²) in [7, 11) is 0. The molecule has 0 bridgehead atoms. The van der Waals surface area contributed by atoms with Crippen molar-refractivity contribution in [2.45, 2.75) is 13.0 Å². The van der Waals surface area contributed by atoms with Gasteiger partial charge in [-0.2, -0.15) is 0 Å². The highest BCUT2D eigenvalue weighted by Crippen LogP contribution is 2.09. The van der Waals surface area contributed by atoms with Crippen LogP contribution in [0.5, 0.6) is 0 Å². The molecule has 0 aliphatic carbocycles. The van der Waals surface area contributed by atoms with E-state index in [1.807, 2.05) is 25.1 Å². The van der Waals surface area contributed by atoms with E-state index >= 15 is 0 Å². The van der Waals surface area contributed by atoms with Crippen molar-refractivity contribution in [2.24, 2.45) is 5.73 Å². The first-order valence-corrected chi connectivity index (χ1v) is 4.43. The minimum atomic E-state index is -0.783. The molecule has 0 amide bonds. The van der Waals surface area contributed by atoms with Gasteiger partial charge < -0.3 is 10.8 Å². The molecule has 2 aromatic rings. The number of nitrogens with zero attached hydrogens (tertiary/aromatic N) is 3. The lowest BCUT2D eigenvalue weighted by atomic mass is 10.3. The lowest BCUT2D eigenvalue weighted by Gasteiger charge is -1.99. The Balaban J connectivity index is 2.56. The summed E-state index contributed by atoms with van der Waals surface area (Å²) in [6.07, 6.45) is -0.783. The van der Waals surface area contributed by atoms with Crippen molar-refractivity contribution >= 4 is 5.65 Å². The Morgan fingerprint density at radius 2 is 2.36 bits per heavy atom. The number of aliphatic hydroxyl groups excluding tert-OH is 1. The topological polar surface area (TPSA) is 76.4 Å². The first-order valence-electron chi connectivity index (χ1n) is 4.43. The van der Waals surface area contributed by atoms with Crippen molar-refractivity contribution in [2.75, 3.05) is 6.54 Å². The van der Waals surface area contributed by atoms with Gasteiger partial charge in [-0.1, -0.05) is 6.07 Å². The van der Waals surface area contributed by atoms with Gasteiger partial charge in [-0.05, 0) is 19.1 Å². The summed E-state index contributed by atoms with van der Waals surface area (Å²) >= 11 is 0. The molecule has 74 valence electrons. The van der Waals surface area contributed by atoms with Gasteiger partial charge in [-0.25, -0.2) is 9.50 Å². The maximum Gasteiger partial charge on any atom is 0.181 e. The maximum atomic E-state index is 9.46. The number of aromatic nitrogens is 3. The molecule has 1 unspecified atom stereocenters. The van der Waals surface area contributed by atoms with Gasteiger partial charge in [0.25, 0.3) is 0 Å². The molecule has 5 nitrogen and oxygen atoms in total. The Labute approximate surface area is 81.2 Å². The van der Waals surface area contributed by atoms with E-state index in [1.54, 1.807) is 4.52 Å². The third-order valence-electron chi connectivity index (χ3n) is 2.09. The van der Waals surface area contributed by atoms with Gasteiger partial charge in [0, 0.05) is 12.2 Å². The molecule has 0 spiro atoms. The Morgan fingerprint density at radius 3 is 3.00 bits per heavy atom. The highest BCUT2D eigenvalue weighted by atomic mass is 16.3. The van der Waals surface area contributed by atoms with Crippen LogP contribution < -0.4 is 5.73 Å². The molecule has 2 rings (SSSR count). The van der Waals surface area contributed by atoms with Gasteiger partial charge >= 0.3 is 0 Å². The number of rotatable bonds is 2. The van der Waals surface area contributed by atoms with E-state index in [4.69, 9.17) is 5.73 Å². The highest BCUT2D eigenvalue weighted by molar-refractivity contribution is 5.38. The van der Waals surface area contributed by atoms with Crippen molar-refractivity contribution in [1.29, 1.82) is 0 Å². The van der Waals surface area contributed by atoms with Crippen LogP contribution in [0.15, 0.2) is 18.2 Å². The largest absolute Gasteiger partial charge is 0.384 e. The molecule has 0 aliphatic rings. The summed E-state index contributed by atoms with van der Waals surface area (Å²) in [5.74, 6) is 0.377. The molecule has 0 aromatic carbocycles. The van der Waals surface area contributed by atoms with Gasteiger partial charge in [0.05, 0.1) is 0 Å². The van der Waals surface area contributed by atoms with Gasteiger partial charge in [0.15, 0.2) is 11.5 Å². The molecule has 0 fully saturated rings. The predicted octanol–water partition coefficient (Wildman–Crippen LogP) is 0.0298. The zero-order valence-corrected chi connectivity index (χ0v) is 7.88. The molecule has 0 saturated heterocycles. The van der Waals surface area contributed by atoms with Crippen molar-refractivity contribution in [3.63, 3.8) is 0 Å². The van der Waals surface area contributed by atoms with Crippen LogP contribution in [0.4, 0.5) is 0 Å². The number of aryl methyl sites for hydroxylation is 1. The zero-order valence-electron chi connectivity index (χ0n) is 7.88. The lowest BCUT2D eigenvalue weighted by molar-refractivity contribution is 0.177. The fourth-order valence-electron chi connectivity index (χ4n) is 1.30. The number of pyridine rings is 1. The molecule has 2 aromatic heterocycles. The zero-order chi connectivity index (χ0) is 10.1. The molecular formula is C9H12N4O. The molecule has 3 N–H and O–H groups in total. The molecule has 1 atom stereocenters. The quantitative estimate of drug-likeness (QED) is 0.703. The summed E-state index contributed by atoms with van der Waals surface area (Å²) in [6.45, 7) is 2.07. The Kier molecular flexibility index (Phi) is 2.18. The van der Waals surface area contributed by atoms with E-state index in [2.05, 4.69) is 10.1 Å². The maximum absolute atomic E-state index is 9.46. The van der Waals surface area contributed by atoms with Crippen LogP contribution in [0, 0.1) is 6.92 Å². The van der Waals surface area contributed by atoms with E-state index < -0.39 is 6.10 Å². The number of aliphatic hydroxyl groups is 1. The Bertz CT molecular complexity index is 451. The number of fused-ring (bicyclic) bond motifs is 1. The molecule has 14 heavy (non-hydrogen) atoms. The smallest absolute Gasteiger partial charge is 0.181 e. The van der Waals surface area contributed by atoms with E-state index in [9.17, 15) is 5.11 Å². The second-order valence-electron chi connectivity index (χ2n) is 3.16. The predicted molar refractivity (Wildman–Crippen MR) is 51.7 cm³/mol. The average molecular weight is 192 g/mol. The van der Waals surface area contributed by atoms with Crippen LogP contribution in [0.1, 0.15) is 17.6 Å². The van der Waals surface area contributed by atoms with Crippen LogP contribution in [-0.4, -0.2) is 26.2 Å². The van der Waals surface area contributed by atoms with Crippen molar-refractivity contribution in [1.82, 2.24) is 14.6 Å². The fraction of sp³-hybridized carbons (Fsp3) is 0.333. The fourth-order valence-corrected chi connectivity index (χ4v) is 1.30. The molecule has 0 radical (unpaired) electrons. The Hall–Kier alpha value is -1.46. The first-order chi connectivity index (χ1) is 6.72. The minimum Gasteiger partial charge on any atom is -0.384 e. The first kappa shape index (κ1) is 9.11. The van der Waals surface area contributed by atoms with Gasteiger partial charge in [0.2, 0.25) is 0 Å². The van der Waals surface area contributed by atoms with E-state index in [-0.39, 0.29) is 6.54 Å². The standard InChI is InChI=1S/C9H12N4O/c1-6-3-2-4-8-11-9(7(14)5-10)12-13(6)8/h2-4,7,14H,5,10H2,1H3. The molecule has 0 saturated carbocycles. The summed E-state index contributed by atoms with van der Waals surface area (Å²) in [6, 6.07) is 5.67. The SMILES string of the molecule is Cc1cccc2nc(C(O)CN)nn12. The van der Waals surface area contributed by atoms with Gasteiger partial charge in [0.1, 0.15) is 6.10 Å². The highest BCUT2D eigenvalue weighted by Gasteiger charge is 2.12. The summed E-state index contributed by atoms with van der Waals surface area (Å²) in [4.78, 5) is 4.17. The second-order valence-corrected chi connectivity index (χ2v) is 3.16. The summed E-state index contributed by atoms with van der Waals surface area (Å²) in [5, 5.41) is 13.6.